The summed E-state index contributed by atoms with van der Waals surface area (Å²) in [5.74, 6) is -0.526. The number of aliphatic hydroxyl groups excluding tert-OH is 1. The first-order chi connectivity index (χ1) is 14.7. The van der Waals surface area contributed by atoms with Gasteiger partial charge in [0.25, 0.3) is 0 Å². The van der Waals surface area contributed by atoms with E-state index in [0.29, 0.717) is 0 Å². The molecule has 0 fully saturated rings. The highest BCUT2D eigenvalue weighted by molar-refractivity contribution is 5.89. The van der Waals surface area contributed by atoms with Gasteiger partial charge in [-0.1, -0.05) is 65.9 Å². The van der Waals surface area contributed by atoms with Crippen LogP contribution in [-0.4, -0.2) is 38.3 Å². The molecule has 154 valence electrons. The fourth-order valence-electron chi connectivity index (χ4n) is 3.07. The topological polar surface area (TPSA) is 95.7 Å². The maximum Gasteiger partial charge on any atom is 0.378 e. The van der Waals surface area contributed by atoms with Crippen molar-refractivity contribution in [2.24, 2.45) is 0 Å². The fraction of sp³-hybridized carbons (Fsp3) is 0.227. The third-order valence-electron chi connectivity index (χ3n) is 4.56. The normalized spacial score (nSPS) is 17.0. The summed E-state index contributed by atoms with van der Waals surface area (Å²) in [6.45, 7) is 0.467. The molecule has 0 unspecified atom stereocenters. The molecule has 0 radical (unpaired) electrons. The van der Waals surface area contributed by atoms with E-state index in [1.807, 2.05) is 60.7 Å². The number of nitrogens with zero attached hydrogens (tertiary/aromatic N) is 3. The van der Waals surface area contributed by atoms with Gasteiger partial charge in [0.1, 0.15) is 19.3 Å². The van der Waals surface area contributed by atoms with Crippen molar-refractivity contribution in [1.82, 2.24) is 15.0 Å². The molecule has 0 spiro atoms. The number of carbonyl (C=O) groups is 1. The van der Waals surface area contributed by atoms with Crippen LogP contribution in [0, 0.1) is 0 Å². The molecule has 0 amide bonds. The first kappa shape index (κ1) is 19.7. The van der Waals surface area contributed by atoms with Crippen molar-refractivity contribution in [3.8, 4) is 0 Å². The molecular weight excluding hydrogens is 386 g/mol. The number of aromatic nitrogens is 3. The van der Waals surface area contributed by atoms with Crippen molar-refractivity contribution in [2.45, 2.75) is 32.0 Å². The second kappa shape index (κ2) is 9.23. The molecule has 8 heteroatoms. The van der Waals surface area contributed by atoms with Gasteiger partial charge < -0.3 is 19.3 Å². The smallest absolute Gasteiger partial charge is 0.378 e. The number of aliphatic hydroxyl groups is 1. The van der Waals surface area contributed by atoms with Crippen LogP contribution in [0.15, 0.2) is 84.6 Å². The number of esters is 1. The van der Waals surface area contributed by atoms with Gasteiger partial charge in [-0.2, -0.15) is 0 Å². The summed E-state index contributed by atoms with van der Waals surface area (Å²) in [5, 5.41) is 18.2. The molecule has 1 aromatic heterocycles. The summed E-state index contributed by atoms with van der Waals surface area (Å²) in [6, 6.07) is 19.0. The lowest BCUT2D eigenvalue weighted by molar-refractivity contribution is -0.148. The summed E-state index contributed by atoms with van der Waals surface area (Å²) in [4.78, 5) is 12.5. The number of carbonyl (C=O) groups excluding carboxylic acids is 1. The van der Waals surface area contributed by atoms with Gasteiger partial charge in [-0.25, -0.2) is 9.48 Å². The van der Waals surface area contributed by atoms with Crippen molar-refractivity contribution < 1.29 is 24.1 Å². The molecule has 1 N–H and O–H groups in total. The molecule has 1 aliphatic rings. The van der Waals surface area contributed by atoms with E-state index in [2.05, 4.69) is 10.3 Å². The average Bonchev–Trinajstić information content (AvgIpc) is 3.40. The van der Waals surface area contributed by atoms with Crippen LogP contribution in [0.25, 0.3) is 0 Å². The third-order valence-corrected chi connectivity index (χ3v) is 4.56. The van der Waals surface area contributed by atoms with Gasteiger partial charge in [0.2, 0.25) is 5.76 Å². The molecule has 4 rings (SSSR count). The lowest BCUT2D eigenvalue weighted by atomic mass is 10.1. The Morgan fingerprint density at radius 2 is 1.63 bits per heavy atom. The molecule has 3 aromatic rings. The Morgan fingerprint density at radius 1 is 1.00 bits per heavy atom. The summed E-state index contributed by atoms with van der Waals surface area (Å²) < 4.78 is 18.5. The molecule has 1 aliphatic heterocycles. The maximum absolute atomic E-state index is 12.5. The first-order valence-electron chi connectivity index (χ1n) is 9.51. The number of hydrogen-bond donors (Lipinski definition) is 1. The van der Waals surface area contributed by atoms with Crippen molar-refractivity contribution in [3.63, 3.8) is 0 Å². The Morgan fingerprint density at radius 3 is 2.23 bits per heavy atom. The third kappa shape index (κ3) is 4.66. The van der Waals surface area contributed by atoms with Gasteiger partial charge in [0, 0.05) is 6.20 Å². The van der Waals surface area contributed by atoms with Gasteiger partial charge in [-0.3, -0.25) is 0 Å². The molecule has 2 heterocycles. The second-order valence-electron chi connectivity index (χ2n) is 6.76. The Labute approximate surface area is 173 Å². The van der Waals surface area contributed by atoms with E-state index in [-0.39, 0.29) is 31.3 Å². The van der Waals surface area contributed by atoms with E-state index in [1.165, 1.54) is 10.9 Å². The summed E-state index contributed by atoms with van der Waals surface area (Å²) in [7, 11) is 0. The lowest BCUT2D eigenvalue weighted by Crippen LogP contribution is -2.33. The van der Waals surface area contributed by atoms with Crippen LogP contribution in [0.5, 0.6) is 0 Å². The van der Waals surface area contributed by atoms with E-state index < -0.39 is 18.2 Å². The van der Waals surface area contributed by atoms with Crippen molar-refractivity contribution in [3.05, 3.63) is 95.7 Å². The van der Waals surface area contributed by atoms with Crippen LogP contribution in [0.1, 0.15) is 11.1 Å². The van der Waals surface area contributed by atoms with Gasteiger partial charge in [-0.05, 0) is 11.1 Å². The van der Waals surface area contributed by atoms with Crippen LogP contribution in [0.3, 0.4) is 0 Å². The monoisotopic (exact) mass is 407 g/mol. The van der Waals surface area contributed by atoms with Crippen LogP contribution >= 0.6 is 0 Å². The summed E-state index contributed by atoms with van der Waals surface area (Å²) >= 11 is 0. The number of rotatable bonds is 9. The minimum atomic E-state index is -1.08. The number of cyclic esters (lactones) is 1. The van der Waals surface area contributed by atoms with Crippen LogP contribution in [0.2, 0.25) is 0 Å². The molecule has 8 nitrogen and oxygen atoms in total. The van der Waals surface area contributed by atoms with Gasteiger partial charge in [0.15, 0.2) is 11.9 Å². The van der Waals surface area contributed by atoms with E-state index in [1.54, 1.807) is 6.20 Å². The minimum absolute atomic E-state index is 0.0302. The van der Waals surface area contributed by atoms with Crippen molar-refractivity contribution in [1.29, 1.82) is 0 Å². The zero-order valence-electron chi connectivity index (χ0n) is 16.1. The highest BCUT2D eigenvalue weighted by atomic mass is 16.6. The predicted molar refractivity (Wildman–Crippen MR) is 105 cm³/mol. The van der Waals surface area contributed by atoms with Gasteiger partial charge in [0.05, 0.1) is 12.7 Å². The predicted octanol–water partition coefficient (Wildman–Crippen LogP) is 2.21. The molecule has 30 heavy (non-hydrogen) atoms. The van der Waals surface area contributed by atoms with E-state index in [9.17, 15) is 9.90 Å². The number of ether oxygens (including phenoxy) is 3. The standard InChI is InChI=1S/C22H21N3O5/c26-18(13-25-12-11-23-24-25)19-20(28-14-16-7-3-1-4-8-16)21(22(27)30-19)29-15-17-9-5-2-6-10-17/h1-12,18-19,26H,13-15H2/t18-,19+/m0/s1. The minimum Gasteiger partial charge on any atom is -0.485 e. The molecule has 0 bridgehead atoms. The van der Waals surface area contributed by atoms with Crippen molar-refractivity contribution in [2.75, 3.05) is 0 Å². The summed E-state index contributed by atoms with van der Waals surface area (Å²) in [5.41, 5.74) is 1.81. The molecule has 0 saturated carbocycles. The zero-order chi connectivity index (χ0) is 20.8. The highest BCUT2D eigenvalue weighted by Gasteiger charge is 2.42. The average molecular weight is 407 g/mol. The zero-order valence-corrected chi connectivity index (χ0v) is 16.1. The van der Waals surface area contributed by atoms with Crippen LogP contribution in [-0.2, 0) is 38.8 Å². The molecule has 0 saturated heterocycles. The Kier molecular flexibility index (Phi) is 6.05. The first-order valence-corrected chi connectivity index (χ1v) is 9.51. The lowest BCUT2D eigenvalue weighted by Gasteiger charge is -2.20. The van der Waals surface area contributed by atoms with Gasteiger partial charge in [-0.15, -0.1) is 5.10 Å². The number of hydrogen-bond acceptors (Lipinski definition) is 7. The van der Waals surface area contributed by atoms with E-state index in [4.69, 9.17) is 14.2 Å². The Bertz CT molecular complexity index is 990. The van der Waals surface area contributed by atoms with E-state index >= 15 is 0 Å². The molecule has 0 aliphatic carbocycles. The fourth-order valence-corrected chi connectivity index (χ4v) is 3.07. The van der Waals surface area contributed by atoms with E-state index in [0.717, 1.165) is 11.1 Å². The largest absolute Gasteiger partial charge is 0.485 e. The summed E-state index contributed by atoms with van der Waals surface area (Å²) in [6.07, 6.45) is 1.03. The van der Waals surface area contributed by atoms with Crippen LogP contribution < -0.4 is 0 Å². The van der Waals surface area contributed by atoms with Crippen molar-refractivity contribution >= 4 is 5.97 Å². The molecular formula is C22H21N3O5. The molecule has 2 atom stereocenters. The number of benzene rings is 2. The molecule has 2 aromatic carbocycles. The van der Waals surface area contributed by atoms with Crippen LogP contribution in [0.4, 0.5) is 0 Å². The Hall–Kier alpha value is -3.65. The quantitative estimate of drug-likeness (QED) is 0.543. The van der Waals surface area contributed by atoms with Gasteiger partial charge >= 0.3 is 5.97 Å². The SMILES string of the molecule is O=C1O[C@H]([C@@H](O)Cn2ccnn2)C(OCc2ccccc2)=C1OCc1ccccc1. The highest BCUT2D eigenvalue weighted by Crippen LogP contribution is 2.29. The maximum atomic E-state index is 12.5. The Balaban J connectivity index is 1.54. The second-order valence-corrected chi connectivity index (χ2v) is 6.76.